The fraction of sp³-hybridized carbons (Fsp3) is 0.500. The zero-order valence-electron chi connectivity index (χ0n) is 9.67. The molecule has 2 rings (SSSR count). The van der Waals surface area contributed by atoms with Gasteiger partial charge in [0.15, 0.2) is 0 Å². The van der Waals surface area contributed by atoms with Crippen molar-refractivity contribution in [1.29, 1.82) is 0 Å². The second kappa shape index (κ2) is 4.61. The summed E-state index contributed by atoms with van der Waals surface area (Å²) in [4.78, 5) is 0. The molecule has 0 saturated heterocycles. The van der Waals surface area contributed by atoms with Crippen molar-refractivity contribution in [2.24, 2.45) is 5.92 Å². The summed E-state index contributed by atoms with van der Waals surface area (Å²) in [7, 11) is 0. The Bertz CT molecular complexity index is 464. The highest BCUT2D eigenvalue weighted by Gasteiger charge is 2.10. The zero-order chi connectivity index (χ0) is 11.5. The van der Waals surface area contributed by atoms with Crippen LogP contribution in [-0.4, -0.2) is 26.2 Å². The molecule has 1 atom stereocenters. The standard InChI is InChI=1S/C12H17N3O/c1-9(2)7-10(16)8-15-12-6-4-3-5-11(12)13-14-15/h3-6,9-10,16H,7-8H2,1-2H3. The highest BCUT2D eigenvalue weighted by Crippen LogP contribution is 2.12. The quantitative estimate of drug-likeness (QED) is 0.853. The van der Waals surface area contributed by atoms with Crippen LogP contribution in [-0.2, 0) is 6.54 Å². The molecular formula is C12H17N3O. The van der Waals surface area contributed by atoms with Crippen molar-refractivity contribution in [2.75, 3.05) is 0 Å². The number of fused-ring (bicyclic) bond motifs is 1. The molecule has 1 aromatic carbocycles. The monoisotopic (exact) mass is 219 g/mol. The van der Waals surface area contributed by atoms with E-state index in [9.17, 15) is 5.11 Å². The third kappa shape index (κ3) is 2.39. The number of nitrogens with zero attached hydrogens (tertiary/aromatic N) is 3. The maximum absolute atomic E-state index is 9.86. The lowest BCUT2D eigenvalue weighted by molar-refractivity contribution is 0.126. The minimum absolute atomic E-state index is 0.356. The van der Waals surface area contributed by atoms with Crippen LogP contribution in [0, 0.1) is 5.92 Å². The topological polar surface area (TPSA) is 50.9 Å². The van der Waals surface area contributed by atoms with Gasteiger partial charge in [-0.15, -0.1) is 5.10 Å². The van der Waals surface area contributed by atoms with Gasteiger partial charge in [0.25, 0.3) is 0 Å². The second-order valence-electron chi connectivity index (χ2n) is 4.54. The van der Waals surface area contributed by atoms with Crippen LogP contribution in [0.2, 0.25) is 0 Å². The first-order valence-electron chi connectivity index (χ1n) is 5.63. The molecule has 0 spiro atoms. The summed E-state index contributed by atoms with van der Waals surface area (Å²) in [6.07, 6.45) is 0.430. The maximum Gasteiger partial charge on any atom is 0.113 e. The molecule has 4 heteroatoms. The van der Waals surface area contributed by atoms with Crippen molar-refractivity contribution in [3.63, 3.8) is 0 Å². The van der Waals surface area contributed by atoms with E-state index in [1.807, 2.05) is 24.3 Å². The van der Waals surface area contributed by atoms with Crippen LogP contribution in [0.1, 0.15) is 20.3 Å². The lowest BCUT2D eigenvalue weighted by Gasteiger charge is -2.12. The van der Waals surface area contributed by atoms with Crippen molar-refractivity contribution in [1.82, 2.24) is 15.0 Å². The van der Waals surface area contributed by atoms with Gasteiger partial charge in [-0.2, -0.15) is 0 Å². The lowest BCUT2D eigenvalue weighted by atomic mass is 10.1. The predicted octanol–water partition coefficient (Wildman–Crippen LogP) is 1.84. The van der Waals surface area contributed by atoms with E-state index in [1.165, 1.54) is 0 Å². The van der Waals surface area contributed by atoms with E-state index >= 15 is 0 Å². The number of benzene rings is 1. The van der Waals surface area contributed by atoms with Crippen LogP contribution in [0.4, 0.5) is 0 Å². The van der Waals surface area contributed by atoms with Gasteiger partial charge < -0.3 is 5.11 Å². The Hall–Kier alpha value is -1.42. The Labute approximate surface area is 94.9 Å². The SMILES string of the molecule is CC(C)CC(O)Cn1nnc2ccccc21. The molecule has 1 heterocycles. The molecule has 0 radical (unpaired) electrons. The first-order valence-corrected chi connectivity index (χ1v) is 5.63. The van der Waals surface area contributed by atoms with Gasteiger partial charge in [-0.3, -0.25) is 0 Å². The Morgan fingerprint density at radius 3 is 2.81 bits per heavy atom. The lowest BCUT2D eigenvalue weighted by Crippen LogP contribution is -2.18. The molecule has 86 valence electrons. The maximum atomic E-state index is 9.86. The van der Waals surface area contributed by atoms with Crippen LogP contribution in [0.5, 0.6) is 0 Å². The number of rotatable bonds is 4. The Balaban J connectivity index is 2.15. The van der Waals surface area contributed by atoms with Gasteiger partial charge in [0.2, 0.25) is 0 Å². The number of para-hydroxylation sites is 1. The van der Waals surface area contributed by atoms with Crippen LogP contribution in [0.3, 0.4) is 0 Å². The van der Waals surface area contributed by atoms with Crippen molar-refractivity contribution < 1.29 is 5.11 Å². The fourth-order valence-corrected chi connectivity index (χ4v) is 1.87. The van der Waals surface area contributed by atoms with Gasteiger partial charge in [-0.25, -0.2) is 4.68 Å². The first-order chi connectivity index (χ1) is 7.66. The molecule has 16 heavy (non-hydrogen) atoms. The van der Waals surface area contributed by atoms with Gasteiger partial charge in [-0.1, -0.05) is 31.2 Å². The Kier molecular flexibility index (Phi) is 3.19. The first kappa shape index (κ1) is 11.1. The molecule has 0 amide bonds. The molecule has 0 bridgehead atoms. The summed E-state index contributed by atoms with van der Waals surface area (Å²) in [5.41, 5.74) is 1.85. The average Bonchev–Trinajstić information content (AvgIpc) is 2.61. The van der Waals surface area contributed by atoms with E-state index in [0.29, 0.717) is 12.5 Å². The van der Waals surface area contributed by atoms with Gasteiger partial charge in [0.1, 0.15) is 5.52 Å². The van der Waals surface area contributed by atoms with Gasteiger partial charge >= 0.3 is 0 Å². The van der Waals surface area contributed by atoms with E-state index in [1.54, 1.807) is 4.68 Å². The van der Waals surface area contributed by atoms with E-state index in [0.717, 1.165) is 17.5 Å². The third-order valence-electron chi connectivity index (χ3n) is 2.55. The molecule has 2 aromatic rings. The number of hydrogen-bond donors (Lipinski definition) is 1. The van der Waals surface area contributed by atoms with E-state index in [2.05, 4.69) is 24.2 Å². The molecular weight excluding hydrogens is 202 g/mol. The molecule has 0 fully saturated rings. The van der Waals surface area contributed by atoms with Gasteiger partial charge in [0, 0.05) is 0 Å². The Morgan fingerprint density at radius 1 is 1.31 bits per heavy atom. The summed E-state index contributed by atoms with van der Waals surface area (Å²) in [5, 5.41) is 18.0. The van der Waals surface area contributed by atoms with Gasteiger partial charge in [0.05, 0.1) is 18.2 Å². The second-order valence-corrected chi connectivity index (χ2v) is 4.54. The van der Waals surface area contributed by atoms with Crippen molar-refractivity contribution in [2.45, 2.75) is 32.9 Å². The summed E-state index contributed by atoms with van der Waals surface area (Å²) in [5.74, 6) is 0.491. The molecule has 1 aromatic heterocycles. The van der Waals surface area contributed by atoms with Crippen molar-refractivity contribution >= 4 is 11.0 Å². The minimum Gasteiger partial charge on any atom is -0.391 e. The average molecular weight is 219 g/mol. The largest absolute Gasteiger partial charge is 0.391 e. The van der Waals surface area contributed by atoms with Crippen LogP contribution >= 0.6 is 0 Å². The Morgan fingerprint density at radius 2 is 2.06 bits per heavy atom. The van der Waals surface area contributed by atoms with E-state index in [-0.39, 0.29) is 6.10 Å². The highest BCUT2D eigenvalue weighted by atomic mass is 16.3. The summed E-state index contributed by atoms with van der Waals surface area (Å²) in [6, 6.07) is 7.79. The third-order valence-corrected chi connectivity index (χ3v) is 2.55. The zero-order valence-corrected chi connectivity index (χ0v) is 9.67. The van der Waals surface area contributed by atoms with Crippen LogP contribution < -0.4 is 0 Å². The molecule has 0 aliphatic rings. The molecule has 0 aliphatic carbocycles. The molecule has 1 N–H and O–H groups in total. The number of hydrogen-bond acceptors (Lipinski definition) is 3. The summed E-state index contributed by atoms with van der Waals surface area (Å²) in [6.45, 7) is 4.71. The van der Waals surface area contributed by atoms with E-state index in [4.69, 9.17) is 0 Å². The molecule has 4 nitrogen and oxygen atoms in total. The fourth-order valence-electron chi connectivity index (χ4n) is 1.87. The number of aliphatic hydroxyl groups is 1. The predicted molar refractivity (Wildman–Crippen MR) is 63.0 cm³/mol. The molecule has 0 aliphatic heterocycles. The summed E-state index contributed by atoms with van der Waals surface area (Å²) < 4.78 is 1.77. The number of aliphatic hydroxyl groups excluding tert-OH is 1. The normalized spacial score (nSPS) is 13.5. The van der Waals surface area contributed by atoms with Crippen LogP contribution in [0.25, 0.3) is 11.0 Å². The summed E-state index contributed by atoms with van der Waals surface area (Å²) >= 11 is 0. The van der Waals surface area contributed by atoms with Crippen molar-refractivity contribution in [3.05, 3.63) is 24.3 Å². The molecule has 0 saturated carbocycles. The number of aromatic nitrogens is 3. The highest BCUT2D eigenvalue weighted by molar-refractivity contribution is 5.73. The minimum atomic E-state index is -0.356. The van der Waals surface area contributed by atoms with Crippen molar-refractivity contribution in [3.8, 4) is 0 Å². The smallest absolute Gasteiger partial charge is 0.113 e. The van der Waals surface area contributed by atoms with Gasteiger partial charge in [-0.05, 0) is 24.5 Å². The van der Waals surface area contributed by atoms with E-state index < -0.39 is 0 Å². The molecule has 1 unspecified atom stereocenters. The van der Waals surface area contributed by atoms with Crippen LogP contribution in [0.15, 0.2) is 24.3 Å².